The number of aromatic hydroxyl groups is 1. The van der Waals surface area contributed by atoms with Gasteiger partial charge in [-0.3, -0.25) is 15.1 Å². The second kappa shape index (κ2) is 5.41. The number of hydrogen-bond donors (Lipinski definition) is 1. The highest BCUT2D eigenvalue weighted by atomic mass is 32.2. The van der Waals surface area contributed by atoms with E-state index in [0.717, 1.165) is 15.2 Å². The first-order chi connectivity index (χ1) is 10.1. The molecule has 0 atom stereocenters. The first kappa shape index (κ1) is 13.4. The van der Waals surface area contributed by atoms with Crippen LogP contribution in [0.1, 0.15) is 0 Å². The first-order valence-electron chi connectivity index (χ1n) is 6.13. The molecule has 3 rings (SSSR count). The van der Waals surface area contributed by atoms with Crippen molar-refractivity contribution in [2.45, 2.75) is 9.79 Å². The lowest BCUT2D eigenvalue weighted by atomic mass is 10.1. The topological polar surface area (TPSA) is 76.3 Å². The van der Waals surface area contributed by atoms with Gasteiger partial charge in [0.25, 0.3) is 5.69 Å². The highest BCUT2D eigenvalue weighted by Crippen LogP contribution is 2.37. The summed E-state index contributed by atoms with van der Waals surface area (Å²) >= 11 is 1.43. The van der Waals surface area contributed by atoms with Crippen LogP contribution >= 0.6 is 11.8 Å². The molecule has 6 heteroatoms. The van der Waals surface area contributed by atoms with Crippen molar-refractivity contribution in [3.8, 4) is 5.75 Å². The van der Waals surface area contributed by atoms with Crippen molar-refractivity contribution in [1.29, 1.82) is 0 Å². The summed E-state index contributed by atoms with van der Waals surface area (Å²) in [5.74, 6) is 0.185. The van der Waals surface area contributed by atoms with E-state index in [-0.39, 0.29) is 11.4 Å². The predicted octanol–water partition coefficient (Wildman–Crippen LogP) is 4.00. The molecule has 0 unspecified atom stereocenters. The molecule has 104 valence electrons. The van der Waals surface area contributed by atoms with Gasteiger partial charge in [-0.2, -0.15) is 0 Å². The Morgan fingerprint density at radius 3 is 2.76 bits per heavy atom. The zero-order chi connectivity index (χ0) is 14.8. The predicted molar refractivity (Wildman–Crippen MR) is 80.6 cm³/mol. The molecule has 3 aromatic rings. The van der Waals surface area contributed by atoms with Gasteiger partial charge in [0.05, 0.1) is 10.3 Å². The van der Waals surface area contributed by atoms with Crippen LogP contribution in [0.2, 0.25) is 0 Å². The highest BCUT2D eigenvalue weighted by molar-refractivity contribution is 7.99. The normalized spacial score (nSPS) is 10.7. The van der Waals surface area contributed by atoms with Gasteiger partial charge < -0.3 is 5.11 Å². The first-order valence-corrected chi connectivity index (χ1v) is 6.95. The molecule has 0 saturated carbocycles. The van der Waals surface area contributed by atoms with Crippen LogP contribution in [-0.4, -0.2) is 15.0 Å². The monoisotopic (exact) mass is 298 g/mol. The van der Waals surface area contributed by atoms with Gasteiger partial charge >= 0.3 is 0 Å². The van der Waals surface area contributed by atoms with Crippen LogP contribution in [0.15, 0.2) is 64.6 Å². The molecule has 1 N–H and O–H groups in total. The Kier molecular flexibility index (Phi) is 3.45. The summed E-state index contributed by atoms with van der Waals surface area (Å²) in [5, 5.41) is 21.9. The van der Waals surface area contributed by atoms with Crippen LogP contribution in [0.3, 0.4) is 0 Å². The van der Waals surface area contributed by atoms with Gasteiger partial charge in [-0.15, -0.1) is 0 Å². The SMILES string of the molecule is O=[N+]([O-])c1ccc(Sc2cccc(O)c2)c2cnccc12. The molecular formula is C15H10N2O3S. The number of phenolic OH excluding ortho intramolecular Hbond substituents is 1. The number of aromatic nitrogens is 1. The second-order valence-electron chi connectivity index (χ2n) is 4.36. The molecule has 1 heterocycles. The Morgan fingerprint density at radius 2 is 2.00 bits per heavy atom. The fourth-order valence-electron chi connectivity index (χ4n) is 2.07. The minimum absolute atomic E-state index is 0.0626. The smallest absolute Gasteiger partial charge is 0.277 e. The third-order valence-corrected chi connectivity index (χ3v) is 4.06. The lowest BCUT2D eigenvalue weighted by Crippen LogP contribution is -1.91. The van der Waals surface area contributed by atoms with Crippen molar-refractivity contribution >= 4 is 28.2 Å². The summed E-state index contributed by atoms with van der Waals surface area (Å²) in [7, 11) is 0. The molecular weight excluding hydrogens is 288 g/mol. The number of non-ortho nitro benzene ring substituents is 1. The molecule has 0 radical (unpaired) electrons. The van der Waals surface area contributed by atoms with Crippen molar-refractivity contribution in [2.75, 3.05) is 0 Å². The summed E-state index contributed by atoms with van der Waals surface area (Å²) < 4.78 is 0. The minimum Gasteiger partial charge on any atom is -0.508 e. The Balaban J connectivity index is 2.12. The molecule has 5 nitrogen and oxygen atoms in total. The van der Waals surface area contributed by atoms with E-state index in [2.05, 4.69) is 4.98 Å². The van der Waals surface area contributed by atoms with Gasteiger partial charge in [0.15, 0.2) is 0 Å². The molecule has 0 saturated heterocycles. The summed E-state index contributed by atoms with van der Waals surface area (Å²) in [4.78, 5) is 16.4. The van der Waals surface area contributed by atoms with E-state index in [1.54, 1.807) is 36.5 Å². The standard InChI is InChI=1S/C15H10N2O3S/c18-10-2-1-3-11(8-10)21-15-5-4-14(17(19)20)12-6-7-16-9-13(12)15/h1-9,18H. The van der Waals surface area contributed by atoms with E-state index < -0.39 is 4.92 Å². The molecule has 21 heavy (non-hydrogen) atoms. The van der Waals surface area contributed by atoms with Gasteiger partial charge in [0.2, 0.25) is 0 Å². The molecule has 2 aromatic carbocycles. The minimum atomic E-state index is -0.398. The van der Waals surface area contributed by atoms with Crippen molar-refractivity contribution in [1.82, 2.24) is 4.98 Å². The van der Waals surface area contributed by atoms with E-state index in [0.29, 0.717) is 5.39 Å². The van der Waals surface area contributed by atoms with Gasteiger partial charge in [-0.1, -0.05) is 17.8 Å². The maximum atomic E-state index is 11.1. The average Bonchev–Trinajstić information content (AvgIpc) is 2.47. The molecule has 0 bridgehead atoms. The third-order valence-electron chi connectivity index (χ3n) is 3.00. The number of benzene rings is 2. The van der Waals surface area contributed by atoms with E-state index >= 15 is 0 Å². The maximum Gasteiger partial charge on any atom is 0.277 e. The van der Waals surface area contributed by atoms with Crippen molar-refractivity contribution in [3.63, 3.8) is 0 Å². The number of nitro groups is 1. The van der Waals surface area contributed by atoms with Crippen LogP contribution in [0.25, 0.3) is 10.8 Å². The Labute approximate surface area is 124 Å². The molecule has 0 aliphatic rings. The lowest BCUT2D eigenvalue weighted by molar-refractivity contribution is -0.383. The van der Waals surface area contributed by atoms with Crippen molar-refractivity contribution in [2.24, 2.45) is 0 Å². The van der Waals surface area contributed by atoms with Crippen molar-refractivity contribution < 1.29 is 10.0 Å². The molecule has 0 aliphatic carbocycles. The van der Waals surface area contributed by atoms with E-state index in [1.807, 2.05) is 6.07 Å². The van der Waals surface area contributed by atoms with Gasteiger partial charge in [0.1, 0.15) is 5.75 Å². The molecule has 0 spiro atoms. The Hall–Kier alpha value is -2.60. The number of pyridine rings is 1. The average molecular weight is 298 g/mol. The second-order valence-corrected chi connectivity index (χ2v) is 5.48. The van der Waals surface area contributed by atoms with Crippen LogP contribution in [0, 0.1) is 10.1 Å². The Bertz CT molecular complexity index is 836. The molecule has 1 aromatic heterocycles. The number of fused-ring (bicyclic) bond motifs is 1. The fourth-order valence-corrected chi connectivity index (χ4v) is 3.06. The van der Waals surface area contributed by atoms with Crippen LogP contribution in [-0.2, 0) is 0 Å². The van der Waals surface area contributed by atoms with Gasteiger partial charge in [-0.25, -0.2) is 0 Å². The fraction of sp³-hybridized carbons (Fsp3) is 0. The number of rotatable bonds is 3. The highest BCUT2D eigenvalue weighted by Gasteiger charge is 2.14. The van der Waals surface area contributed by atoms with Gasteiger partial charge in [-0.05, 0) is 30.3 Å². The van der Waals surface area contributed by atoms with Crippen LogP contribution < -0.4 is 0 Å². The zero-order valence-corrected chi connectivity index (χ0v) is 11.6. The quantitative estimate of drug-likeness (QED) is 0.584. The molecule has 0 amide bonds. The number of nitrogens with zero attached hydrogens (tertiary/aromatic N) is 2. The number of hydrogen-bond acceptors (Lipinski definition) is 5. The van der Waals surface area contributed by atoms with Gasteiger partial charge in [0, 0.05) is 33.6 Å². The van der Waals surface area contributed by atoms with E-state index in [9.17, 15) is 15.2 Å². The van der Waals surface area contributed by atoms with E-state index in [4.69, 9.17) is 0 Å². The van der Waals surface area contributed by atoms with Crippen molar-refractivity contribution in [3.05, 3.63) is 65.0 Å². The summed E-state index contributed by atoms with van der Waals surface area (Å²) in [6.07, 6.45) is 3.16. The molecule has 0 aliphatic heterocycles. The van der Waals surface area contributed by atoms with Crippen LogP contribution in [0.4, 0.5) is 5.69 Å². The maximum absolute atomic E-state index is 11.1. The third kappa shape index (κ3) is 2.66. The summed E-state index contributed by atoms with van der Waals surface area (Å²) in [5.41, 5.74) is 0.0626. The summed E-state index contributed by atoms with van der Waals surface area (Å²) in [6.45, 7) is 0. The lowest BCUT2D eigenvalue weighted by Gasteiger charge is -2.07. The number of nitro benzene ring substituents is 1. The molecule has 0 fully saturated rings. The summed E-state index contributed by atoms with van der Waals surface area (Å²) in [6, 6.07) is 11.7. The largest absolute Gasteiger partial charge is 0.508 e. The Morgan fingerprint density at radius 1 is 1.14 bits per heavy atom. The zero-order valence-electron chi connectivity index (χ0n) is 10.8. The van der Waals surface area contributed by atoms with E-state index in [1.165, 1.54) is 24.0 Å². The number of phenols is 1. The van der Waals surface area contributed by atoms with Crippen LogP contribution in [0.5, 0.6) is 5.75 Å².